The van der Waals surface area contributed by atoms with E-state index in [9.17, 15) is 29.7 Å². The minimum atomic E-state index is -3.46. The molecule has 0 amide bonds. The van der Waals surface area contributed by atoms with Crippen LogP contribution in [-0.2, 0) is 14.4 Å². The van der Waals surface area contributed by atoms with E-state index in [0.717, 1.165) is 0 Å². The van der Waals surface area contributed by atoms with Crippen molar-refractivity contribution < 1.29 is 129 Å². The van der Waals surface area contributed by atoms with Crippen LogP contribution in [0.5, 0.6) is 0 Å². The van der Waals surface area contributed by atoms with Crippen molar-refractivity contribution in [1.82, 2.24) is 0 Å². The Hall–Kier alpha value is 1.33. The summed E-state index contributed by atoms with van der Waals surface area (Å²) in [5.41, 5.74) is -3.46. The second-order valence-electron chi connectivity index (χ2n) is 2.48. The van der Waals surface area contributed by atoms with Gasteiger partial charge in [0.1, 0.15) is 11.7 Å². The summed E-state index contributed by atoms with van der Waals surface area (Å²) in [5.74, 6) is -6.84. The number of hydrogen-bond donors (Lipinski definition) is 2. The molecular weight excluding hydrogens is 269 g/mol. The average Bonchev–Trinajstić information content (AvgIpc) is 2.00. The fourth-order valence-corrected chi connectivity index (χ4v) is 0.695. The van der Waals surface area contributed by atoms with Crippen molar-refractivity contribution in [3.8, 4) is 0 Å². The maximum absolute atomic E-state index is 10.2. The number of carboxylic acids is 3. The van der Waals surface area contributed by atoms with Gasteiger partial charge < -0.3 is 39.9 Å². The number of rotatable bonds is 5. The number of aliphatic carboxylic acids is 3. The van der Waals surface area contributed by atoms with Crippen LogP contribution in [-0.4, -0.2) is 39.8 Å². The van der Waals surface area contributed by atoms with Crippen LogP contribution in [0.4, 0.5) is 0 Å². The topological polar surface area (TPSA) is 161 Å². The van der Waals surface area contributed by atoms with Crippen LogP contribution < -0.4 is 104 Å². The van der Waals surface area contributed by atoms with Crippen LogP contribution in [0, 0.1) is 0 Å². The van der Waals surface area contributed by atoms with Crippen molar-refractivity contribution in [3.63, 3.8) is 0 Å². The van der Waals surface area contributed by atoms with Gasteiger partial charge in [0.15, 0.2) is 0 Å². The molecule has 80 valence electrons. The fraction of sp³-hybridized carbons (Fsp3) is 0.500. The number of hydrogen-bond acceptors (Lipinski definition) is 8. The zero-order chi connectivity index (χ0) is 11.5. The van der Waals surface area contributed by atoms with Crippen LogP contribution in [0.15, 0.2) is 0 Å². The molecule has 0 aromatic rings. The number of carbonyl (C=O) groups is 3. The van der Waals surface area contributed by atoms with Crippen molar-refractivity contribution in [2.45, 2.75) is 18.1 Å². The van der Waals surface area contributed by atoms with Crippen LogP contribution in [0.2, 0.25) is 0 Å². The number of aliphatic hydroxyl groups is 2. The van der Waals surface area contributed by atoms with Gasteiger partial charge in [-0.1, -0.05) is 0 Å². The number of carboxylic acid groups (broad SMARTS) is 3. The third-order valence-corrected chi connectivity index (χ3v) is 1.44. The standard InChI is InChI=1S/C6H8O8.3Na/c7-2(8)1-6(14,5(12)13)3(9)4(10)11;;;/h3,9,14H,1H2,(H,7,8)(H,10,11)(H,12,13);;;/q;3*+1/p-3/t3-,6-;;;/m1.../s1. The second-order valence-corrected chi connectivity index (χ2v) is 2.48. The Labute approximate surface area is 162 Å². The molecule has 0 spiro atoms. The maximum atomic E-state index is 10.2. The van der Waals surface area contributed by atoms with E-state index < -0.39 is 36.0 Å². The van der Waals surface area contributed by atoms with Crippen molar-refractivity contribution in [2.75, 3.05) is 0 Å². The Balaban J connectivity index is -0.000000282. The molecule has 11 heteroatoms. The van der Waals surface area contributed by atoms with Gasteiger partial charge in [-0.3, -0.25) is 0 Å². The van der Waals surface area contributed by atoms with Gasteiger partial charge in [0.05, 0.1) is 11.9 Å². The molecule has 2 atom stereocenters. The van der Waals surface area contributed by atoms with Gasteiger partial charge in [-0.05, 0) is 0 Å². The number of aliphatic hydroxyl groups excluding tert-OH is 1. The Bertz CT molecular complexity index is 282. The predicted molar refractivity (Wildman–Crippen MR) is 30.6 cm³/mol. The van der Waals surface area contributed by atoms with Crippen LogP contribution in [0.25, 0.3) is 0 Å². The SMILES string of the molecule is O=C([O-])C[C@](O)(C(=O)[O-])[C@H](O)C(=O)[O-].[Na+].[Na+].[Na+]. The molecule has 0 bridgehead atoms. The summed E-state index contributed by atoms with van der Waals surface area (Å²) in [6.45, 7) is 0. The Morgan fingerprint density at radius 1 is 1.06 bits per heavy atom. The molecule has 2 N–H and O–H groups in total. The molecule has 0 heterocycles. The second kappa shape index (κ2) is 11.2. The molecule has 0 fully saturated rings. The normalized spacial score (nSPS) is 13.8. The number of carbonyl (C=O) groups excluding carboxylic acids is 3. The quantitative estimate of drug-likeness (QED) is 0.467. The summed E-state index contributed by atoms with van der Waals surface area (Å²) in [4.78, 5) is 30.2. The van der Waals surface area contributed by atoms with Crippen molar-refractivity contribution >= 4 is 17.9 Å². The Morgan fingerprint density at radius 3 is 1.59 bits per heavy atom. The van der Waals surface area contributed by atoms with Crippen molar-refractivity contribution in [3.05, 3.63) is 0 Å². The van der Waals surface area contributed by atoms with E-state index in [2.05, 4.69) is 0 Å². The average molecular weight is 274 g/mol. The van der Waals surface area contributed by atoms with Gasteiger partial charge in [0.25, 0.3) is 0 Å². The van der Waals surface area contributed by atoms with E-state index in [1.54, 1.807) is 0 Å². The molecule has 0 aliphatic rings. The summed E-state index contributed by atoms with van der Waals surface area (Å²) in [6.07, 6.45) is -4.53. The molecule has 0 saturated heterocycles. The Morgan fingerprint density at radius 2 is 1.41 bits per heavy atom. The van der Waals surface area contributed by atoms with Gasteiger partial charge in [-0.15, -0.1) is 0 Å². The molecule has 0 unspecified atom stereocenters. The minimum Gasteiger partial charge on any atom is -0.550 e. The van der Waals surface area contributed by atoms with E-state index in [1.165, 1.54) is 0 Å². The van der Waals surface area contributed by atoms with Crippen molar-refractivity contribution in [1.29, 1.82) is 0 Å². The third kappa shape index (κ3) is 8.17. The minimum absolute atomic E-state index is 0. The molecule has 17 heavy (non-hydrogen) atoms. The van der Waals surface area contributed by atoms with Gasteiger partial charge in [0, 0.05) is 12.4 Å². The smallest absolute Gasteiger partial charge is 0.550 e. The summed E-state index contributed by atoms with van der Waals surface area (Å²) in [5, 5.41) is 47.8. The summed E-state index contributed by atoms with van der Waals surface area (Å²) < 4.78 is 0. The van der Waals surface area contributed by atoms with Crippen LogP contribution in [0.1, 0.15) is 6.42 Å². The van der Waals surface area contributed by atoms with Gasteiger partial charge in [0.2, 0.25) is 0 Å². The van der Waals surface area contributed by atoms with Crippen molar-refractivity contribution in [2.24, 2.45) is 0 Å². The molecule has 0 aliphatic carbocycles. The molecule has 0 aliphatic heterocycles. The van der Waals surface area contributed by atoms with Crippen LogP contribution in [0.3, 0.4) is 0 Å². The zero-order valence-corrected chi connectivity index (χ0v) is 15.6. The first-order valence-corrected chi connectivity index (χ1v) is 3.24. The van der Waals surface area contributed by atoms with Gasteiger partial charge in [-0.2, -0.15) is 0 Å². The van der Waals surface area contributed by atoms with E-state index in [-0.39, 0.29) is 88.7 Å². The molecule has 0 rings (SSSR count). The first kappa shape index (κ1) is 26.8. The zero-order valence-electron chi connectivity index (χ0n) is 9.63. The predicted octanol–water partition coefficient (Wildman–Crippen LogP) is -15.3. The summed E-state index contributed by atoms with van der Waals surface area (Å²) in [6, 6.07) is 0. The maximum Gasteiger partial charge on any atom is 1.00 e. The summed E-state index contributed by atoms with van der Waals surface area (Å²) in [7, 11) is 0. The molecular formula is C6H5Na3O8. The first-order valence-electron chi connectivity index (χ1n) is 3.24. The van der Waals surface area contributed by atoms with Gasteiger partial charge >= 0.3 is 88.7 Å². The molecule has 0 saturated carbocycles. The summed E-state index contributed by atoms with van der Waals surface area (Å²) >= 11 is 0. The van der Waals surface area contributed by atoms with E-state index in [4.69, 9.17) is 10.2 Å². The molecule has 0 aromatic carbocycles. The van der Waals surface area contributed by atoms with E-state index >= 15 is 0 Å². The van der Waals surface area contributed by atoms with Crippen LogP contribution >= 0.6 is 0 Å². The fourth-order valence-electron chi connectivity index (χ4n) is 0.695. The van der Waals surface area contributed by atoms with E-state index in [0.29, 0.717) is 0 Å². The molecule has 0 radical (unpaired) electrons. The largest absolute Gasteiger partial charge is 1.00 e. The first-order chi connectivity index (χ1) is 6.21. The molecule has 0 aromatic heterocycles. The Kier molecular flexibility index (Phi) is 17.6. The molecule has 8 nitrogen and oxygen atoms in total. The monoisotopic (exact) mass is 274 g/mol. The van der Waals surface area contributed by atoms with E-state index in [1.807, 2.05) is 0 Å². The third-order valence-electron chi connectivity index (χ3n) is 1.44. The van der Waals surface area contributed by atoms with Gasteiger partial charge in [-0.25, -0.2) is 0 Å².